The number of anilines is 2. The number of amides is 1. The minimum atomic E-state index is -0.407. The lowest BCUT2D eigenvalue weighted by molar-refractivity contribution is -0.120. The van der Waals surface area contributed by atoms with Crippen molar-refractivity contribution in [2.24, 2.45) is 7.05 Å². The average molecular weight is 446 g/mol. The first-order chi connectivity index (χ1) is 15.9. The predicted octanol–water partition coefficient (Wildman–Crippen LogP) is 1.90. The Balaban J connectivity index is 1.45. The Morgan fingerprint density at radius 3 is 2.48 bits per heavy atom. The second-order valence-electron chi connectivity index (χ2n) is 8.11. The van der Waals surface area contributed by atoms with Crippen molar-refractivity contribution in [3.05, 3.63) is 70.3 Å². The molecule has 33 heavy (non-hydrogen) atoms. The van der Waals surface area contributed by atoms with E-state index in [1.807, 2.05) is 44.2 Å². The zero-order valence-electron chi connectivity index (χ0n) is 19.0. The van der Waals surface area contributed by atoms with Gasteiger partial charge in [-0.3, -0.25) is 19.2 Å². The fourth-order valence-corrected chi connectivity index (χ4v) is 4.16. The number of carbonyl (C=O) groups excluding carboxylic acids is 1. The summed E-state index contributed by atoms with van der Waals surface area (Å²) in [5, 5.41) is 12.2. The van der Waals surface area contributed by atoms with E-state index in [2.05, 4.69) is 26.2 Å². The van der Waals surface area contributed by atoms with Gasteiger partial charge in [0.1, 0.15) is 17.6 Å². The van der Waals surface area contributed by atoms with E-state index in [1.165, 1.54) is 0 Å². The number of para-hydroxylation sites is 1. The Morgan fingerprint density at radius 1 is 1.12 bits per heavy atom. The summed E-state index contributed by atoms with van der Waals surface area (Å²) >= 11 is 0. The lowest BCUT2D eigenvalue weighted by Gasteiger charge is -2.38. The van der Waals surface area contributed by atoms with Crippen LogP contribution in [0.3, 0.4) is 0 Å². The Bertz CT molecular complexity index is 1250. The van der Waals surface area contributed by atoms with Crippen molar-refractivity contribution < 1.29 is 4.79 Å². The minimum absolute atomic E-state index is 0.218. The summed E-state index contributed by atoms with van der Waals surface area (Å²) in [6, 6.07) is 14.6. The molecule has 1 fully saturated rings. The molecule has 1 aliphatic rings. The second-order valence-corrected chi connectivity index (χ2v) is 8.11. The summed E-state index contributed by atoms with van der Waals surface area (Å²) < 4.78 is 3.30. The molecule has 0 aliphatic carbocycles. The Hall–Kier alpha value is -3.90. The predicted molar refractivity (Wildman–Crippen MR) is 127 cm³/mol. The number of nitrogens with zero attached hydrogens (tertiary/aromatic N) is 6. The molecular formula is C24H27N7O2. The number of aromatic nitrogens is 3. The largest absolute Gasteiger partial charge is 0.353 e. The van der Waals surface area contributed by atoms with Gasteiger partial charge in [-0.25, -0.2) is 9.67 Å². The highest BCUT2D eigenvalue weighted by atomic mass is 16.2. The molecule has 1 unspecified atom stereocenters. The van der Waals surface area contributed by atoms with E-state index < -0.39 is 6.04 Å². The van der Waals surface area contributed by atoms with Crippen LogP contribution in [0.1, 0.15) is 18.2 Å². The molecule has 0 spiro atoms. The van der Waals surface area contributed by atoms with Crippen molar-refractivity contribution in [1.82, 2.24) is 19.2 Å². The van der Waals surface area contributed by atoms with Crippen LogP contribution in [0.5, 0.6) is 0 Å². The fourth-order valence-electron chi connectivity index (χ4n) is 4.16. The van der Waals surface area contributed by atoms with Gasteiger partial charge in [0, 0.05) is 39.4 Å². The van der Waals surface area contributed by atoms with E-state index >= 15 is 0 Å². The molecule has 0 saturated carbocycles. The second kappa shape index (κ2) is 9.30. The molecule has 9 nitrogen and oxygen atoms in total. The van der Waals surface area contributed by atoms with E-state index in [0.29, 0.717) is 48.9 Å². The van der Waals surface area contributed by atoms with Gasteiger partial charge in [-0.2, -0.15) is 5.26 Å². The molecule has 1 amide bonds. The zero-order chi connectivity index (χ0) is 23.5. The van der Waals surface area contributed by atoms with E-state index in [1.54, 1.807) is 34.7 Å². The normalized spacial score (nSPS) is 15.2. The number of rotatable bonds is 5. The van der Waals surface area contributed by atoms with Crippen LogP contribution in [0.25, 0.3) is 5.69 Å². The molecule has 170 valence electrons. The van der Waals surface area contributed by atoms with Gasteiger partial charge in [0.25, 0.3) is 5.56 Å². The van der Waals surface area contributed by atoms with Gasteiger partial charge >= 0.3 is 0 Å². The number of hydrogen-bond donors (Lipinski definition) is 1. The molecule has 9 heteroatoms. The average Bonchev–Trinajstić information content (AvgIpc) is 3.07. The SMILES string of the molecule is Cc1c(NC(=O)C(C)N2CCN(c3ncccc3C#N)CC2)c(=O)n(-c2ccccc2)n1C. The van der Waals surface area contributed by atoms with Gasteiger partial charge in [0.2, 0.25) is 5.91 Å². The van der Waals surface area contributed by atoms with Gasteiger partial charge < -0.3 is 10.2 Å². The number of carbonyl (C=O) groups is 1. The maximum Gasteiger partial charge on any atom is 0.295 e. The molecule has 1 atom stereocenters. The summed E-state index contributed by atoms with van der Waals surface area (Å²) in [6.45, 7) is 6.29. The van der Waals surface area contributed by atoms with Gasteiger partial charge in [0.15, 0.2) is 0 Å². The molecule has 0 radical (unpaired) electrons. The molecule has 0 bridgehead atoms. The van der Waals surface area contributed by atoms with Crippen molar-refractivity contribution in [2.45, 2.75) is 19.9 Å². The molecular weight excluding hydrogens is 418 g/mol. The van der Waals surface area contributed by atoms with Crippen LogP contribution in [0.4, 0.5) is 11.5 Å². The fraction of sp³-hybridized carbons (Fsp3) is 0.333. The molecule has 3 heterocycles. The molecule has 1 aliphatic heterocycles. The highest BCUT2D eigenvalue weighted by Gasteiger charge is 2.28. The van der Waals surface area contributed by atoms with Crippen LogP contribution in [-0.2, 0) is 11.8 Å². The molecule has 1 N–H and O–H groups in total. The number of benzene rings is 1. The number of nitrogens with one attached hydrogen (secondary N) is 1. The van der Waals surface area contributed by atoms with Gasteiger partial charge in [-0.1, -0.05) is 18.2 Å². The van der Waals surface area contributed by atoms with Crippen LogP contribution >= 0.6 is 0 Å². The topological polar surface area (TPSA) is 99.2 Å². The molecule has 2 aromatic heterocycles. The lowest BCUT2D eigenvalue weighted by atomic mass is 10.2. The van der Waals surface area contributed by atoms with Crippen LogP contribution in [0, 0.1) is 18.3 Å². The zero-order valence-corrected chi connectivity index (χ0v) is 19.0. The Kier molecular flexibility index (Phi) is 6.29. The summed E-state index contributed by atoms with van der Waals surface area (Å²) in [6.07, 6.45) is 1.68. The highest BCUT2D eigenvalue weighted by molar-refractivity contribution is 5.95. The number of nitriles is 1. The van der Waals surface area contributed by atoms with Gasteiger partial charge in [-0.05, 0) is 38.1 Å². The number of pyridine rings is 1. The molecule has 3 aromatic rings. The van der Waals surface area contributed by atoms with Gasteiger partial charge in [0.05, 0.1) is 23.0 Å². The Morgan fingerprint density at radius 2 is 1.82 bits per heavy atom. The van der Waals surface area contributed by atoms with Crippen molar-refractivity contribution >= 4 is 17.4 Å². The highest BCUT2D eigenvalue weighted by Crippen LogP contribution is 2.20. The number of piperazine rings is 1. The van der Waals surface area contributed by atoms with Crippen molar-refractivity contribution in [2.75, 3.05) is 36.4 Å². The van der Waals surface area contributed by atoms with E-state index in [-0.39, 0.29) is 11.5 Å². The molecule has 1 saturated heterocycles. The lowest BCUT2D eigenvalue weighted by Crippen LogP contribution is -2.53. The van der Waals surface area contributed by atoms with Crippen LogP contribution in [0.2, 0.25) is 0 Å². The van der Waals surface area contributed by atoms with Crippen molar-refractivity contribution in [3.8, 4) is 11.8 Å². The van der Waals surface area contributed by atoms with Crippen LogP contribution in [-0.4, -0.2) is 57.4 Å². The standard InChI is InChI=1S/C24H27N7O2/c1-17-21(24(33)31(28(17)3)20-9-5-4-6-10-20)27-23(32)18(2)29-12-14-30(15-13-29)22-19(16-25)8-7-11-26-22/h4-11,18H,12-15H2,1-3H3,(H,27,32). The summed E-state index contributed by atoms with van der Waals surface area (Å²) in [7, 11) is 1.80. The van der Waals surface area contributed by atoms with Crippen LogP contribution in [0.15, 0.2) is 53.5 Å². The Labute approximate surface area is 192 Å². The minimum Gasteiger partial charge on any atom is -0.353 e. The first-order valence-electron chi connectivity index (χ1n) is 10.9. The van der Waals surface area contributed by atoms with E-state index in [4.69, 9.17) is 0 Å². The first kappa shape index (κ1) is 22.3. The quantitative estimate of drug-likeness (QED) is 0.644. The third kappa shape index (κ3) is 4.25. The maximum absolute atomic E-state index is 13.1. The summed E-state index contributed by atoms with van der Waals surface area (Å²) in [5.41, 5.74) is 2.01. The first-order valence-corrected chi connectivity index (χ1v) is 10.9. The molecule has 4 rings (SSSR count). The van der Waals surface area contributed by atoms with Crippen molar-refractivity contribution in [1.29, 1.82) is 5.26 Å². The van der Waals surface area contributed by atoms with Crippen LogP contribution < -0.4 is 15.8 Å². The smallest absolute Gasteiger partial charge is 0.295 e. The van der Waals surface area contributed by atoms with E-state index in [9.17, 15) is 14.9 Å². The van der Waals surface area contributed by atoms with Gasteiger partial charge in [-0.15, -0.1) is 0 Å². The maximum atomic E-state index is 13.1. The van der Waals surface area contributed by atoms with E-state index in [0.717, 1.165) is 5.69 Å². The van der Waals surface area contributed by atoms with Crippen molar-refractivity contribution in [3.63, 3.8) is 0 Å². The molecule has 1 aromatic carbocycles. The third-order valence-electron chi connectivity index (χ3n) is 6.25. The summed E-state index contributed by atoms with van der Waals surface area (Å²) in [5.74, 6) is 0.461. The third-order valence-corrected chi connectivity index (χ3v) is 6.25. The summed E-state index contributed by atoms with van der Waals surface area (Å²) in [4.78, 5) is 34.6. The monoisotopic (exact) mass is 445 g/mol. The number of hydrogen-bond acceptors (Lipinski definition) is 6.